The molecule has 2 rings (SSSR count). The van der Waals surface area contributed by atoms with Crippen LogP contribution in [-0.2, 0) is 4.79 Å². The quantitative estimate of drug-likeness (QED) is 0.667. The van der Waals surface area contributed by atoms with Gasteiger partial charge in [-0.2, -0.15) is 0 Å². The van der Waals surface area contributed by atoms with E-state index in [4.69, 9.17) is 4.74 Å². The van der Waals surface area contributed by atoms with Crippen LogP contribution in [0.4, 0.5) is 5.69 Å². The molecule has 0 radical (unpaired) electrons. The molecule has 0 fully saturated rings. The van der Waals surface area contributed by atoms with E-state index in [1.165, 1.54) is 0 Å². The number of hydrogen-bond donors (Lipinski definition) is 2. The van der Waals surface area contributed by atoms with E-state index in [1.54, 1.807) is 30.0 Å². The first kappa shape index (κ1) is 20.8. The highest BCUT2D eigenvalue weighted by Gasteiger charge is 2.26. The summed E-state index contributed by atoms with van der Waals surface area (Å²) in [5.41, 5.74) is 1.12. The molecule has 1 unspecified atom stereocenters. The number of thioether (sulfide) groups is 1. The number of carbonyl (C=O) groups excluding carboxylic acids is 2. The Morgan fingerprint density at radius 3 is 2.33 bits per heavy atom. The lowest BCUT2D eigenvalue weighted by atomic mass is 10.0. The zero-order valence-electron chi connectivity index (χ0n) is 16.1. The minimum absolute atomic E-state index is 0.0707. The molecule has 144 valence electrons. The summed E-state index contributed by atoms with van der Waals surface area (Å²) >= 11 is 1.64. The van der Waals surface area contributed by atoms with Crippen molar-refractivity contribution in [3.63, 3.8) is 0 Å². The molecule has 0 heterocycles. The van der Waals surface area contributed by atoms with Gasteiger partial charge in [0.1, 0.15) is 11.8 Å². The molecule has 0 saturated carbocycles. The number of ether oxygens (including phenoxy) is 1. The van der Waals surface area contributed by atoms with E-state index in [1.807, 2.05) is 57.4 Å². The van der Waals surface area contributed by atoms with Crippen LogP contribution in [-0.4, -0.2) is 30.7 Å². The van der Waals surface area contributed by atoms with Gasteiger partial charge in [-0.15, -0.1) is 11.8 Å². The fourth-order valence-corrected chi connectivity index (χ4v) is 2.99. The molecule has 6 heteroatoms. The molecule has 0 saturated heterocycles. The largest absolute Gasteiger partial charge is 0.493 e. The normalized spacial score (nSPS) is 11.7. The second-order valence-electron chi connectivity index (χ2n) is 6.34. The van der Waals surface area contributed by atoms with E-state index < -0.39 is 6.04 Å². The second-order valence-corrected chi connectivity index (χ2v) is 7.22. The highest BCUT2D eigenvalue weighted by molar-refractivity contribution is 7.98. The van der Waals surface area contributed by atoms with Crippen molar-refractivity contribution < 1.29 is 14.3 Å². The number of carbonyl (C=O) groups is 2. The Hall–Kier alpha value is -2.47. The Bertz CT molecular complexity index is 775. The molecule has 2 aromatic carbocycles. The molecule has 2 aromatic rings. The number of hydrogen-bond acceptors (Lipinski definition) is 4. The van der Waals surface area contributed by atoms with E-state index in [2.05, 4.69) is 10.6 Å². The van der Waals surface area contributed by atoms with E-state index in [-0.39, 0.29) is 17.7 Å². The van der Waals surface area contributed by atoms with Gasteiger partial charge in [0.05, 0.1) is 12.2 Å². The van der Waals surface area contributed by atoms with E-state index >= 15 is 0 Å². The Labute approximate surface area is 164 Å². The Kier molecular flexibility index (Phi) is 7.73. The standard InChI is InChI=1S/C21H26N2O3S/c1-5-26-18-9-7-6-8-17(18)20(24)23-19(14(2)3)21(25)22-15-10-12-16(27-4)13-11-15/h6-14,19H,5H2,1-4H3,(H,22,25)(H,23,24). The highest BCUT2D eigenvalue weighted by Crippen LogP contribution is 2.20. The van der Waals surface area contributed by atoms with Gasteiger partial charge >= 0.3 is 0 Å². The molecule has 5 nitrogen and oxygen atoms in total. The van der Waals surface area contributed by atoms with Gasteiger partial charge < -0.3 is 15.4 Å². The van der Waals surface area contributed by atoms with Gasteiger partial charge in [-0.3, -0.25) is 9.59 Å². The number of benzene rings is 2. The molecule has 0 bridgehead atoms. The van der Waals surface area contributed by atoms with Gasteiger partial charge in [-0.1, -0.05) is 26.0 Å². The molecule has 1 atom stereocenters. The monoisotopic (exact) mass is 386 g/mol. The van der Waals surface area contributed by atoms with Crippen molar-refractivity contribution >= 4 is 29.3 Å². The molecular formula is C21H26N2O3S. The second kappa shape index (κ2) is 10.0. The van der Waals surface area contributed by atoms with Gasteiger partial charge in [-0.25, -0.2) is 0 Å². The van der Waals surface area contributed by atoms with Crippen molar-refractivity contribution in [2.45, 2.75) is 31.7 Å². The predicted molar refractivity (Wildman–Crippen MR) is 111 cm³/mol. The molecule has 0 aliphatic carbocycles. The minimum atomic E-state index is -0.660. The minimum Gasteiger partial charge on any atom is -0.493 e. The lowest BCUT2D eigenvalue weighted by Gasteiger charge is -2.22. The summed E-state index contributed by atoms with van der Waals surface area (Å²) in [7, 11) is 0. The summed E-state index contributed by atoms with van der Waals surface area (Å²) < 4.78 is 5.51. The lowest BCUT2D eigenvalue weighted by Crippen LogP contribution is -2.47. The van der Waals surface area contributed by atoms with Crippen LogP contribution in [0.3, 0.4) is 0 Å². The lowest BCUT2D eigenvalue weighted by molar-refractivity contribution is -0.118. The van der Waals surface area contributed by atoms with Crippen molar-refractivity contribution in [3.05, 3.63) is 54.1 Å². The maximum atomic E-state index is 12.7. The van der Waals surface area contributed by atoms with Crippen LogP contribution in [0.25, 0.3) is 0 Å². The SMILES string of the molecule is CCOc1ccccc1C(=O)NC(C(=O)Nc1ccc(SC)cc1)C(C)C. The van der Waals surface area contributed by atoms with Gasteiger partial charge in [0.15, 0.2) is 0 Å². The van der Waals surface area contributed by atoms with Crippen LogP contribution < -0.4 is 15.4 Å². The summed E-state index contributed by atoms with van der Waals surface area (Å²) in [5.74, 6) is -0.137. The fourth-order valence-electron chi connectivity index (χ4n) is 2.58. The van der Waals surface area contributed by atoms with Crippen molar-refractivity contribution in [2.75, 3.05) is 18.2 Å². The van der Waals surface area contributed by atoms with Crippen LogP contribution in [0, 0.1) is 5.92 Å². The summed E-state index contributed by atoms with van der Waals surface area (Å²) in [6, 6.07) is 14.0. The van der Waals surface area contributed by atoms with Crippen LogP contribution in [0.15, 0.2) is 53.4 Å². The molecule has 0 aliphatic heterocycles. The van der Waals surface area contributed by atoms with Gasteiger partial charge in [0.25, 0.3) is 5.91 Å². The topological polar surface area (TPSA) is 67.4 Å². The van der Waals surface area contributed by atoms with Gasteiger partial charge in [0, 0.05) is 10.6 Å². The Balaban J connectivity index is 2.12. The van der Waals surface area contributed by atoms with Crippen molar-refractivity contribution in [1.29, 1.82) is 0 Å². The first-order chi connectivity index (χ1) is 13.0. The maximum absolute atomic E-state index is 12.7. The first-order valence-electron chi connectivity index (χ1n) is 8.93. The zero-order chi connectivity index (χ0) is 19.8. The van der Waals surface area contributed by atoms with E-state index in [0.29, 0.717) is 23.6 Å². The van der Waals surface area contributed by atoms with Crippen molar-refractivity contribution in [2.24, 2.45) is 5.92 Å². The number of para-hydroxylation sites is 1. The fraction of sp³-hybridized carbons (Fsp3) is 0.333. The van der Waals surface area contributed by atoms with Crippen LogP contribution in [0.1, 0.15) is 31.1 Å². The third-order valence-electron chi connectivity index (χ3n) is 4.02. The van der Waals surface area contributed by atoms with Crippen LogP contribution >= 0.6 is 11.8 Å². The molecule has 2 amide bonds. The first-order valence-corrected chi connectivity index (χ1v) is 10.2. The average molecular weight is 387 g/mol. The number of rotatable bonds is 8. The summed E-state index contributed by atoms with van der Waals surface area (Å²) in [6.07, 6.45) is 2.00. The predicted octanol–water partition coefficient (Wildman–Crippen LogP) is 4.20. The summed E-state index contributed by atoms with van der Waals surface area (Å²) in [5, 5.41) is 5.72. The number of amides is 2. The number of anilines is 1. The third kappa shape index (κ3) is 5.76. The Morgan fingerprint density at radius 2 is 1.74 bits per heavy atom. The van der Waals surface area contributed by atoms with Crippen LogP contribution in [0.5, 0.6) is 5.75 Å². The van der Waals surface area contributed by atoms with Crippen molar-refractivity contribution in [3.8, 4) is 5.75 Å². The van der Waals surface area contributed by atoms with E-state index in [9.17, 15) is 9.59 Å². The number of nitrogens with one attached hydrogen (secondary N) is 2. The maximum Gasteiger partial charge on any atom is 0.255 e. The van der Waals surface area contributed by atoms with Gasteiger partial charge in [-0.05, 0) is 55.5 Å². The molecular weight excluding hydrogens is 360 g/mol. The smallest absolute Gasteiger partial charge is 0.255 e. The van der Waals surface area contributed by atoms with Crippen molar-refractivity contribution in [1.82, 2.24) is 5.32 Å². The Morgan fingerprint density at radius 1 is 1.07 bits per heavy atom. The third-order valence-corrected chi connectivity index (χ3v) is 4.77. The summed E-state index contributed by atoms with van der Waals surface area (Å²) in [4.78, 5) is 26.6. The summed E-state index contributed by atoms with van der Waals surface area (Å²) in [6.45, 7) is 6.12. The average Bonchev–Trinajstić information content (AvgIpc) is 2.67. The molecule has 0 spiro atoms. The van der Waals surface area contributed by atoms with Gasteiger partial charge in [0.2, 0.25) is 5.91 Å². The zero-order valence-corrected chi connectivity index (χ0v) is 16.9. The molecule has 0 aliphatic rings. The highest BCUT2D eigenvalue weighted by atomic mass is 32.2. The molecule has 2 N–H and O–H groups in total. The molecule has 27 heavy (non-hydrogen) atoms. The van der Waals surface area contributed by atoms with E-state index in [0.717, 1.165) is 4.90 Å². The van der Waals surface area contributed by atoms with Crippen LogP contribution in [0.2, 0.25) is 0 Å². The molecule has 0 aromatic heterocycles.